The van der Waals surface area contributed by atoms with Crippen molar-refractivity contribution in [2.75, 3.05) is 19.0 Å². The quantitative estimate of drug-likeness (QED) is 0.425. The molecule has 1 aliphatic rings. The highest BCUT2D eigenvalue weighted by atomic mass is 32.2. The van der Waals surface area contributed by atoms with Crippen LogP contribution in [0, 0.1) is 6.92 Å². The molecule has 0 saturated heterocycles. The van der Waals surface area contributed by atoms with Crippen molar-refractivity contribution in [2.24, 2.45) is 0 Å². The molecule has 3 rings (SSSR count). The van der Waals surface area contributed by atoms with Crippen LogP contribution >= 0.6 is 11.9 Å². The van der Waals surface area contributed by atoms with Crippen molar-refractivity contribution in [2.45, 2.75) is 32.0 Å². The molecule has 154 valence electrons. The summed E-state index contributed by atoms with van der Waals surface area (Å²) >= 11 is 1.38. The highest BCUT2D eigenvalue weighted by Crippen LogP contribution is 2.41. The number of benzene rings is 1. The van der Waals surface area contributed by atoms with Gasteiger partial charge in [-0.15, -0.1) is 0 Å². The van der Waals surface area contributed by atoms with Gasteiger partial charge < -0.3 is 28.4 Å². The fraction of sp³-hybridized carbons (Fsp3) is 0.316. The molecular formula is C19H21N3O6S. The second kappa shape index (κ2) is 8.91. The predicted molar refractivity (Wildman–Crippen MR) is 106 cm³/mol. The SMILES string of the molecule is CCOC(=O)OC(C)OC1=C(C(=O)Nc2cc(C)on2)N(C)Sc2ccccc21. The van der Waals surface area contributed by atoms with Crippen LogP contribution in [0.15, 0.2) is 45.4 Å². The first kappa shape index (κ1) is 20.6. The van der Waals surface area contributed by atoms with Crippen LogP contribution in [0.2, 0.25) is 0 Å². The van der Waals surface area contributed by atoms with Crippen molar-refractivity contribution in [3.05, 3.63) is 47.4 Å². The van der Waals surface area contributed by atoms with Crippen molar-refractivity contribution in [1.82, 2.24) is 9.46 Å². The number of aryl methyl sites for hydroxylation is 1. The summed E-state index contributed by atoms with van der Waals surface area (Å²) in [5, 5.41) is 6.47. The van der Waals surface area contributed by atoms with Gasteiger partial charge in [-0.1, -0.05) is 17.3 Å². The highest BCUT2D eigenvalue weighted by molar-refractivity contribution is 7.97. The number of nitrogens with zero attached hydrogens (tertiary/aromatic N) is 2. The lowest BCUT2D eigenvalue weighted by Crippen LogP contribution is -2.29. The van der Waals surface area contributed by atoms with Crippen molar-refractivity contribution >= 4 is 35.6 Å². The summed E-state index contributed by atoms with van der Waals surface area (Å²) in [6.45, 7) is 5.13. The molecule has 2 heterocycles. The fourth-order valence-electron chi connectivity index (χ4n) is 2.64. The van der Waals surface area contributed by atoms with Crippen LogP contribution in [0.1, 0.15) is 25.2 Å². The van der Waals surface area contributed by atoms with E-state index in [1.54, 1.807) is 38.2 Å². The van der Waals surface area contributed by atoms with Crippen LogP contribution in [0.5, 0.6) is 0 Å². The third-order valence-corrected chi connectivity index (χ3v) is 4.80. The van der Waals surface area contributed by atoms with Crippen LogP contribution in [0.4, 0.5) is 10.6 Å². The number of nitrogens with one attached hydrogen (secondary N) is 1. The molecule has 0 saturated carbocycles. The van der Waals surface area contributed by atoms with E-state index in [1.807, 2.05) is 24.3 Å². The number of likely N-dealkylation sites (N-methyl/N-ethyl adjacent to an activating group) is 1. The molecule has 9 nitrogen and oxygen atoms in total. The van der Waals surface area contributed by atoms with Gasteiger partial charge in [0, 0.05) is 30.5 Å². The van der Waals surface area contributed by atoms with Gasteiger partial charge in [0.1, 0.15) is 5.76 Å². The molecule has 2 aromatic rings. The predicted octanol–water partition coefficient (Wildman–Crippen LogP) is 3.78. The lowest BCUT2D eigenvalue weighted by atomic mass is 10.1. The third kappa shape index (κ3) is 4.83. The fourth-order valence-corrected chi connectivity index (χ4v) is 3.59. The highest BCUT2D eigenvalue weighted by Gasteiger charge is 2.32. The first-order valence-corrected chi connectivity index (χ1v) is 9.66. The Hall–Kier alpha value is -3.14. The maximum absolute atomic E-state index is 13.0. The number of hydrogen-bond donors (Lipinski definition) is 1. The maximum Gasteiger partial charge on any atom is 0.511 e. The molecule has 1 amide bonds. The molecule has 0 bridgehead atoms. The van der Waals surface area contributed by atoms with Crippen LogP contribution in [-0.2, 0) is 19.0 Å². The smallest absolute Gasteiger partial charge is 0.452 e. The van der Waals surface area contributed by atoms with Crippen molar-refractivity contribution in [1.29, 1.82) is 0 Å². The summed E-state index contributed by atoms with van der Waals surface area (Å²) in [5.41, 5.74) is 0.949. The van der Waals surface area contributed by atoms with Crippen LogP contribution in [0.25, 0.3) is 5.76 Å². The van der Waals surface area contributed by atoms with Crippen LogP contribution in [-0.4, -0.2) is 41.5 Å². The third-order valence-electron chi connectivity index (χ3n) is 3.79. The van der Waals surface area contributed by atoms with E-state index in [2.05, 4.69) is 10.5 Å². The van der Waals surface area contributed by atoms with E-state index in [4.69, 9.17) is 18.7 Å². The normalized spacial score (nSPS) is 14.1. The zero-order chi connectivity index (χ0) is 21.0. The van der Waals surface area contributed by atoms with Crippen molar-refractivity contribution < 1.29 is 28.3 Å². The van der Waals surface area contributed by atoms with E-state index < -0.39 is 18.4 Å². The Morgan fingerprint density at radius 3 is 2.79 bits per heavy atom. The van der Waals surface area contributed by atoms with E-state index in [1.165, 1.54) is 11.9 Å². The number of amides is 1. The second-order valence-electron chi connectivity index (χ2n) is 6.03. The molecule has 10 heteroatoms. The Morgan fingerprint density at radius 1 is 1.34 bits per heavy atom. The summed E-state index contributed by atoms with van der Waals surface area (Å²) in [6, 6.07) is 9.07. The molecular weight excluding hydrogens is 398 g/mol. The monoisotopic (exact) mass is 419 g/mol. The topological polar surface area (TPSA) is 103 Å². The maximum atomic E-state index is 13.0. The number of hydrogen-bond acceptors (Lipinski definition) is 9. The number of ether oxygens (including phenoxy) is 3. The minimum Gasteiger partial charge on any atom is -0.452 e. The van der Waals surface area contributed by atoms with Gasteiger partial charge >= 0.3 is 6.16 Å². The van der Waals surface area contributed by atoms with Gasteiger partial charge in [0.15, 0.2) is 17.3 Å². The lowest BCUT2D eigenvalue weighted by Gasteiger charge is -2.30. The minimum atomic E-state index is -0.981. The van der Waals surface area contributed by atoms with Gasteiger partial charge in [-0.25, -0.2) is 4.79 Å². The van der Waals surface area contributed by atoms with Gasteiger partial charge in [-0.05, 0) is 37.9 Å². The van der Waals surface area contributed by atoms with Gasteiger partial charge in [-0.3, -0.25) is 4.79 Å². The molecule has 0 radical (unpaired) electrons. The van der Waals surface area contributed by atoms with E-state index in [9.17, 15) is 9.59 Å². The zero-order valence-corrected chi connectivity index (χ0v) is 17.2. The Balaban J connectivity index is 1.93. The second-order valence-corrected chi connectivity index (χ2v) is 7.20. The molecule has 0 spiro atoms. The number of carbonyl (C=O) groups is 2. The van der Waals surface area contributed by atoms with Gasteiger partial charge in [0.25, 0.3) is 5.91 Å². The Morgan fingerprint density at radius 2 is 2.10 bits per heavy atom. The average Bonchev–Trinajstić information content (AvgIpc) is 3.06. The Kier molecular flexibility index (Phi) is 6.32. The summed E-state index contributed by atoms with van der Waals surface area (Å²) in [6.07, 6.45) is -1.83. The van der Waals surface area contributed by atoms with Gasteiger partial charge in [-0.2, -0.15) is 0 Å². The Bertz CT molecular complexity index is 942. The molecule has 1 aromatic heterocycles. The molecule has 1 aromatic carbocycles. The largest absolute Gasteiger partial charge is 0.511 e. The van der Waals surface area contributed by atoms with Crippen LogP contribution in [0.3, 0.4) is 0 Å². The van der Waals surface area contributed by atoms with E-state index in [-0.39, 0.29) is 23.9 Å². The molecule has 1 aliphatic heterocycles. The van der Waals surface area contributed by atoms with E-state index in [0.717, 1.165) is 4.90 Å². The summed E-state index contributed by atoms with van der Waals surface area (Å²) < 4.78 is 22.4. The van der Waals surface area contributed by atoms with Crippen LogP contribution < -0.4 is 5.32 Å². The van der Waals surface area contributed by atoms with E-state index >= 15 is 0 Å². The number of fused-ring (bicyclic) bond motifs is 1. The van der Waals surface area contributed by atoms with E-state index in [0.29, 0.717) is 11.3 Å². The number of rotatable bonds is 6. The number of anilines is 1. The van der Waals surface area contributed by atoms with Crippen molar-refractivity contribution in [3.8, 4) is 0 Å². The molecule has 1 unspecified atom stereocenters. The first-order chi connectivity index (χ1) is 13.9. The summed E-state index contributed by atoms with van der Waals surface area (Å²) in [4.78, 5) is 25.5. The molecule has 1 N–H and O–H groups in total. The molecule has 0 aliphatic carbocycles. The number of carbonyl (C=O) groups excluding carboxylic acids is 2. The standard InChI is InChI=1S/C19H21N3O6S/c1-5-25-19(24)27-12(3)26-17-13-8-6-7-9-14(13)29-22(4)16(17)18(23)20-15-10-11(2)28-21-15/h6-10,12H,5H2,1-4H3,(H,20,21,23). The minimum absolute atomic E-state index is 0.182. The summed E-state index contributed by atoms with van der Waals surface area (Å²) in [5.74, 6) is 0.684. The molecule has 0 fully saturated rings. The molecule has 29 heavy (non-hydrogen) atoms. The van der Waals surface area contributed by atoms with Gasteiger partial charge in [0.2, 0.25) is 6.29 Å². The average molecular weight is 419 g/mol. The lowest BCUT2D eigenvalue weighted by molar-refractivity contribution is -0.114. The van der Waals surface area contributed by atoms with Gasteiger partial charge in [0.05, 0.1) is 6.61 Å². The Labute approximate surface area is 172 Å². The number of aromatic nitrogens is 1. The molecule has 1 atom stereocenters. The first-order valence-electron chi connectivity index (χ1n) is 8.89. The van der Waals surface area contributed by atoms with Crippen molar-refractivity contribution in [3.63, 3.8) is 0 Å². The zero-order valence-electron chi connectivity index (χ0n) is 16.4. The summed E-state index contributed by atoms with van der Waals surface area (Å²) in [7, 11) is 1.74.